The minimum atomic E-state index is -6.52. The number of rotatable bonds is 5. The molecule has 0 unspecified atom stereocenters. The third-order valence-corrected chi connectivity index (χ3v) is 1.87. The van der Waals surface area contributed by atoms with Crippen molar-refractivity contribution in [2.75, 3.05) is 0 Å². The highest BCUT2D eigenvalue weighted by Gasteiger charge is 2.77. The molecule has 0 rings (SSSR count). The zero-order valence-electron chi connectivity index (χ0n) is 8.53. The Kier molecular flexibility index (Phi) is 4.83. The van der Waals surface area contributed by atoms with Crippen molar-refractivity contribution in [1.82, 2.24) is 0 Å². The smallest absolute Gasteiger partial charge is 0.288 e. The first-order chi connectivity index (χ1) is 7.78. The topological polar surface area (TPSA) is 17.1 Å². The predicted molar refractivity (Wildman–Crippen MR) is 48.6 cm³/mol. The van der Waals surface area contributed by atoms with E-state index in [1.807, 2.05) is 0 Å². The van der Waals surface area contributed by atoms with Crippen LogP contribution in [0.2, 0.25) is 0 Å². The van der Waals surface area contributed by atoms with E-state index in [4.69, 9.17) is 0 Å². The van der Waals surface area contributed by atoms with E-state index in [-0.39, 0.29) is 6.08 Å². The average Bonchev–Trinajstić information content (AvgIpc) is 2.15. The molecule has 0 N–H and O–H groups in total. The molecule has 0 aromatic carbocycles. The van der Waals surface area contributed by atoms with E-state index in [9.17, 15) is 39.9 Å². The Balaban J connectivity index is 5.59. The lowest BCUT2D eigenvalue weighted by molar-refractivity contribution is -0.326. The minimum absolute atomic E-state index is 0.154. The number of hydrogen-bond donors (Lipinski definition) is 1. The first kappa shape index (κ1) is 17.2. The summed E-state index contributed by atoms with van der Waals surface area (Å²) in [5, 5.41) is 0. The molecule has 0 amide bonds. The standard InChI is InChI=1S/C8H6F8OS/c1-3(18)2-4(17)6(11,12)8(15,16)7(13,14)5(9)10/h2,5,18H,1H3/b3-2-. The summed E-state index contributed by atoms with van der Waals surface area (Å²) in [5.74, 6) is -21.6. The Labute approximate surface area is 101 Å². The fourth-order valence-corrected chi connectivity index (χ4v) is 0.899. The van der Waals surface area contributed by atoms with E-state index in [0.717, 1.165) is 6.92 Å². The van der Waals surface area contributed by atoms with Crippen LogP contribution in [0.25, 0.3) is 0 Å². The van der Waals surface area contributed by atoms with Gasteiger partial charge in [0.1, 0.15) is 0 Å². The van der Waals surface area contributed by atoms with Gasteiger partial charge in [-0.1, -0.05) is 0 Å². The van der Waals surface area contributed by atoms with Crippen LogP contribution < -0.4 is 0 Å². The Morgan fingerprint density at radius 3 is 1.78 bits per heavy atom. The number of carbonyl (C=O) groups excluding carboxylic acids is 1. The molecule has 0 radical (unpaired) electrons. The molecule has 0 heterocycles. The van der Waals surface area contributed by atoms with Gasteiger partial charge in [0, 0.05) is 0 Å². The van der Waals surface area contributed by atoms with Gasteiger partial charge in [0.15, 0.2) is 0 Å². The normalized spacial score (nSPS) is 15.2. The third kappa shape index (κ3) is 2.78. The van der Waals surface area contributed by atoms with Crippen molar-refractivity contribution in [3.8, 4) is 0 Å². The molecule has 0 saturated heterocycles. The number of halogens is 8. The van der Waals surface area contributed by atoms with Crippen LogP contribution in [0.3, 0.4) is 0 Å². The van der Waals surface area contributed by atoms with Gasteiger partial charge in [0.25, 0.3) is 0 Å². The molecular formula is C8H6F8OS. The third-order valence-electron chi connectivity index (χ3n) is 1.74. The monoisotopic (exact) mass is 302 g/mol. The molecule has 0 aliphatic carbocycles. The molecule has 1 nitrogen and oxygen atoms in total. The lowest BCUT2D eigenvalue weighted by Crippen LogP contribution is -2.60. The summed E-state index contributed by atoms with van der Waals surface area (Å²) in [5.41, 5.74) is 0. The van der Waals surface area contributed by atoms with E-state index in [1.165, 1.54) is 0 Å². The maximum atomic E-state index is 12.8. The summed E-state index contributed by atoms with van der Waals surface area (Å²) in [7, 11) is 0. The number of thiol groups is 1. The molecule has 0 aromatic heterocycles. The van der Waals surface area contributed by atoms with E-state index < -0.39 is 34.9 Å². The summed E-state index contributed by atoms with van der Waals surface area (Å²) in [6.07, 6.45) is -5.20. The molecule has 0 aromatic rings. The molecule has 0 saturated carbocycles. The van der Waals surface area contributed by atoms with Crippen LogP contribution in [0.1, 0.15) is 6.92 Å². The second-order valence-corrected chi connectivity index (χ2v) is 3.93. The van der Waals surface area contributed by atoms with Gasteiger partial charge < -0.3 is 0 Å². The van der Waals surface area contributed by atoms with Crippen LogP contribution in [-0.2, 0) is 4.79 Å². The summed E-state index contributed by atoms with van der Waals surface area (Å²) in [6, 6.07) is 0. The van der Waals surface area contributed by atoms with Crippen molar-refractivity contribution >= 4 is 18.4 Å². The van der Waals surface area contributed by atoms with Crippen molar-refractivity contribution in [3.05, 3.63) is 11.0 Å². The highest BCUT2D eigenvalue weighted by atomic mass is 32.1. The number of carbonyl (C=O) groups is 1. The Morgan fingerprint density at radius 2 is 1.50 bits per heavy atom. The van der Waals surface area contributed by atoms with Crippen LogP contribution >= 0.6 is 12.6 Å². The summed E-state index contributed by atoms with van der Waals surface area (Å²) >= 11 is 3.30. The first-order valence-corrected chi connectivity index (χ1v) is 4.56. The zero-order chi connectivity index (χ0) is 14.9. The quantitative estimate of drug-likeness (QED) is 0.467. The Morgan fingerprint density at radius 1 is 1.11 bits per heavy atom. The van der Waals surface area contributed by atoms with E-state index in [0.29, 0.717) is 0 Å². The van der Waals surface area contributed by atoms with Gasteiger partial charge in [0.2, 0.25) is 5.78 Å². The lowest BCUT2D eigenvalue weighted by Gasteiger charge is -2.30. The number of hydrogen-bond acceptors (Lipinski definition) is 2. The molecule has 0 fully saturated rings. The van der Waals surface area contributed by atoms with Gasteiger partial charge in [0.05, 0.1) is 0 Å². The molecule has 0 aliphatic heterocycles. The average molecular weight is 302 g/mol. The van der Waals surface area contributed by atoms with Crippen molar-refractivity contribution in [3.63, 3.8) is 0 Å². The Hall–Kier alpha value is -0.800. The Bertz CT molecular complexity index is 358. The molecule has 10 heteroatoms. The number of alkyl halides is 8. The summed E-state index contributed by atoms with van der Waals surface area (Å²) in [6.45, 7) is 0.931. The molecule has 0 bridgehead atoms. The van der Waals surface area contributed by atoms with Gasteiger partial charge in [-0.15, -0.1) is 12.6 Å². The van der Waals surface area contributed by atoms with Crippen molar-refractivity contribution in [2.24, 2.45) is 0 Å². The predicted octanol–water partition coefficient (Wildman–Crippen LogP) is 3.56. The summed E-state index contributed by atoms with van der Waals surface area (Å²) in [4.78, 5) is 10.2. The highest BCUT2D eigenvalue weighted by Crippen LogP contribution is 2.49. The van der Waals surface area contributed by atoms with Gasteiger partial charge in [-0.2, -0.15) is 26.3 Å². The van der Waals surface area contributed by atoms with Crippen molar-refractivity contribution in [1.29, 1.82) is 0 Å². The fourth-order valence-electron chi connectivity index (χ4n) is 0.781. The molecule has 18 heavy (non-hydrogen) atoms. The maximum absolute atomic E-state index is 12.8. The van der Waals surface area contributed by atoms with E-state index >= 15 is 0 Å². The summed E-state index contributed by atoms with van der Waals surface area (Å²) < 4.78 is 99.0. The van der Waals surface area contributed by atoms with E-state index in [1.54, 1.807) is 0 Å². The van der Waals surface area contributed by atoms with Crippen molar-refractivity contribution in [2.45, 2.75) is 31.1 Å². The minimum Gasteiger partial charge on any atom is -0.288 e. The van der Waals surface area contributed by atoms with Crippen LogP contribution in [-0.4, -0.2) is 30.0 Å². The lowest BCUT2D eigenvalue weighted by atomic mass is 10.0. The molecular weight excluding hydrogens is 296 g/mol. The fraction of sp³-hybridized carbons (Fsp3) is 0.625. The maximum Gasteiger partial charge on any atom is 0.385 e. The van der Waals surface area contributed by atoms with Crippen LogP contribution in [0.5, 0.6) is 0 Å². The van der Waals surface area contributed by atoms with Gasteiger partial charge in [-0.3, -0.25) is 4.79 Å². The second-order valence-electron chi connectivity index (χ2n) is 3.22. The van der Waals surface area contributed by atoms with Gasteiger partial charge in [-0.25, -0.2) is 8.78 Å². The second kappa shape index (κ2) is 5.06. The largest absolute Gasteiger partial charge is 0.385 e. The number of ketones is 1. The zero-order valence-corrected chi connectivity index (χ0v) is 9.43. The molecule has 0 spiro atoms. The van der Waals surface area contributed by atoms with Gasteiger partial charge in [-0.05, 0) is 17.9 Å². The van der Waals surface area contributed by atoms with Gasteiger partial charge >= 0.3 is 24.2 Å². The first-order valence-electron chi connectivity index (χ1n) is 4.11. The molecule has 0 aliphatic rings. The molecule has 106 valence electrons. The number of allylic oxidation sites excluding steroid dienone is 2. The molecule has 0 atom stereocenters. The van der Waals surface area contributed by atoms with Crippen molar-refractivity contribution < 1.29 is 39.9 Å². The highest BCUT2D eigenvalue weighted by molar-refractivity contribution is 7.84. The van der Waals surface area contributed by atoms with Crippen LogP contribution in [0, 0.1) is 0 Å². The SMILES string of the molecule is C/C(S)=C/C(=O)C(F)(F)C(F)(F)C(F)(F)C(F)F. The van der Waals surface area contributed by atoms with E-state index in [2.05, 4.69) is 12.6 Å². The van der Waals surface area contributed by atoms with Crippen LogP contribution in [0.4, 0.5) is 35.1 Å². The van der Waals surface area contributed by atoms with Crippen LogP contribution in [0.15, 0.2) is 11.0 Å².